The van der Waals surface area contributed by atoms with Gasteiger partial charge in [-0.05, 0) is 6.42 Å². The summed E-state index contributed by atoms with van der Waals surface area (Å²) in [6.07, 6.45) is 0.451. The van der Waals surface area contributed by atoms with E-state index < -0.39 is 16.8 Å². The van der Waals surface area contributed by atoms with E-state index in [-0.39, 0.29) is 12.2 Å². The number of nitrogens with zero attached hydrogens (tertiary/aromatic N) is 4. The molecule has 0 aliphatic carbocycles. The summed E-state index contributed by atoms with van der Waals surface area (Å²) in [5.41, 5.74) is 0.349. The molecule has 0 aromatic carbocycles. The average Bonchev–Trinajstić information content (AvgIpc) is 2.65. The monoisotopic (exact) mass is 270 g/mol. The Morgan fingerprint density at radius 2 is 2.21 bits per heavy atom. The minimum Gasteiger partial charge on any atom is -0.481 e. The molecule has 0 fully saturated rings. The lowest BCUT2D eigenvalue weighted by molar-refractivity contribution is -0.384. The lowest BCUT2D eigenvalue weighted by Crippen LogP contribution is -2.30. The maximum absolute atomic E-state index is 11.1. The van der Waals surface area contributed by atoms with Crippen LogP contribution in [0.2, 0.25) is 0 Å². The molecule has 0 saturated heterocycles. The molecule has 0 aliphatic heterocycles. The molecule has 1 unspecified atom stereocenters. The van der Waals surface area contributed by atoms with Crippen molar-refractivity contribution in [1.82, 2.24) is 9.78 Å². The molecule has 1 N–H and O–H groups in total. The summed E-state index contributed by atoms with van der Waals surface area (Å²) in [4.78, 5) is 23.1. The van der Waals surface area contributed by atoms with E-state index in [4.69, 9.17) is 5.11 Å². The Balaban J connectivity index is 3.15. The van der Waals surface area contributed by atoms with E-state index in [1.165, 1.54) is 4.68 Å². The van der Waals surface area contributed by atoms with E-state index in [1.807, 2.05) is 0 Å². The van der Waals surface area contributed by atoms with Crippen LogP contribution in [0.15, 0.2) is 0 Å². The van der Waals surface area contributed by atoms with Gasteiger partial charge < -0.3 is 10.0 Å². The van der Waals surface area contributed by atoms with Crippen molar-refractivity contribution in [2.24, 2.45) is 13.0 Å². The second kappa shape index (κ2) is 5.68. The van der Waals surface area contributed by atoms with Crippen LogP contribution >= 0.6 is 0 Å². The zero-order chi connectivity index (χ0) is 14.7. The summed E-state index contributed by atoms with van der Waals surface area (Å²) < 4.78 is 1.42. The first kappa shape index (κ1) is 14.9. The van der Waals surface area contributed by atoms with Crippen molar-refractivity contribution in [2.45, 2.75) is 20.3 Å². The molecule has 1 aromatic heterocycles. The van der Waals surface area contributed by atoms with Crippen LogP contribution in [0.3, 0.4) is 0 Å². The van der Waals surface area contributed by atoms with E-state index >= 15 is 0 Å². The summed E-state index contributed by atoms with van der Waals surface area (Å²) >= 11 is 0. The highest BCUT2D eigenvalue weighted by atomic mass is 16.6. The fourth-order valence-electron chi connectivity index (χ4n) is 1.99. The SMILES string of the molecule is CCc1nn(C)c(N(C)CC(C)C(=O)O)c1[N+](=O)[O-]. The van der Waals surface area contributed by atoms with Crippen LogP contribution < -0.4 is 4.90 Å². The van der Waals surface area contributed by atoms with Gasteiger partial charge in [0, 0.05) is 20.6 Å². The van der Waals surface area contributed by atoms with Crippen LogP contribution in [0, 0.1) is 16.0 Å². The van der Waals surface area contributed by atoms with Gasteiger partial charge in [0.05, 0.1) is 10.8 Å². The molecule has 19 heavy (non-hydrogen) atoms. The largest absolute Gasteiger partial charge is 0.481 e. The van der Waals surface area contributed by atoms with Crippen molar-refractivity contribution in [3.05, 3.63) is 15.8 Å². The van der Waals surface area contributed by atoms with E-state index in [1.54, 1.807) is 32.8 Å². The first-order chi connectivity index (χ1) is 8.79. The first-order valence-corrected chi connectivity index (χ1v) is 5.93. The van der Waals surface area contributed by atoms with Gasteiger partial charge >= 0.3 is 11.7 Å². The van der Waals surface area contributed by atoms with E-state index in [0.717, 1.165) is 0 Å². The fourth-order valence-corrected chi connectivity index (χ4v) is 1.99. The number of anilines is 1. The van der Waals surface area contributed by atoms with Gasteiger partial charge in [0.2, 0.25) is 5.82 Å². The Morgan fingerprint density at radius 3 is 2.63 bits per heavy atom. The van der Waals surface area contributed by atoms with Crippen molar-refractivity contribution in [3.8, 4) is 0 Å². The van der Waals surface area contributed by atoms with Crippen molar-refractivity contribution >= 4 is 17.5 Å². The number of aromatic nitrogens is 2. The van der Waals surface area contributed by atoms with Gasteiger partial charge in [-0.25, -0.2) is 4.68 Å². The molecule has 106 valence electrons. The van der Waals surface area contributed by atoms with Crippen molar-refractivity contribution < 1.29 is 14.8 Å². The number of carbonyl (C=O) groups is 1. The minimum atomic E-state index is -0.938. The van der Waals surface area contributed by atoms with Crippen molar-refractivity contribution in [2.75, 3.05) is 18.5 Å². The molecule has 8 nitrogen and oxygen atoms in total. The highest BCUT2D eigenvalue weighted by Crippen LogP contribution is 2.31. The Bertz CT molecular complexity index is 497. The molecular weight excluding hydrogens is 252 g/mol. The summed E-state index contributed by atoms with van der Waals surface area (Å²) in [5.74, 6) is -1.23. The third kappa shape index (κ3) is 3.01. The van der Waals surface area contributed by atoms with Crippen LogP contribution in [0.4, 0.5) is 11.5 Å². The number of carboxylic acids is 1. The van der Waals surface area contributed by atoms with E-state index in [9.17, 15) is 14.9 Å². The highest BCUT2D eigenvalue weighted by molar-refractivity contribution is 5.71. The molecular formula is C11H18N4O4. The van der Waals surface area contributed by atoms with Gasteiger partial charge in [-0.3, -0.25) is 14.9 Å². The molecule has 8 heteroatoms. The number of nitro groups is 1. The molecule has 1 heterocycles. The summed E-state index contributed by atoms with van der Waals surface area (Å²) in [7, 11) is 3.24. The minimum absolute atomic E-state index is 0.0508. The average molecular weight is 270 g/mol. The van der Waals surface area contributed by atoms with E-state index in [0.29, 0.717) is 17.9 Å². The Kier molecular flexibility index (Phi) is 4.47. The van der Waals surface area contributed by atoms with Crippen LogP contribution in [0.25, 0.3) is 0 Å². The molecule has 1 atom stereocenters. The molecule has 0 bridgehead atoms. The Hall–Kier alpha value is -2.12. The molecule has 0 amide bonds. The molecule has 1 aromatic rings. The van der Waals surface area contributed by atoms with Crippen molar-refractivity contribution in [3.63, 3.8) is 0 Å². The molecule has 1 rings (SSSR count). The zero-order valence-corrected chi connectivity index (χ0v) is 11.5. The maximum Gasteiger partial charge on any atom is 0.334 e. The Labute approximate surface area is 110 Å². The Morgan fingerprint density at radius 1 is 1.63 bits per heavy atom. The van der Waals surface area contributed by atoms with Crippen LogP contribution in [0.5, 0.6) is 0 Å². The van der Waals surface area contributed by atoms with Crippen LogP contribution in [-0.4, -0.2) is 39.4 Å². The molecule has 0 radical (unpaired) electrons. The lowest BCUT2D eigenvalue weighted by Gasteiger charge is -2.20. The number of hydrogen-bond acceptors (Lipinski definition) is 5. The standard InChI is InChI=1S/C11H18N4O4/c1-5-8-9(15(18)19)10(14(4)12-8)13(3)6-7(2)11(16)17/h7H,5-6H2,1-4H3,(H,16,17). The third-order valence-electron chi connectivity index (χ3n) is 2.91. The number of rotatable bonds is 6. The second-order valence-corrected chi connectivity index (χ2v) is 4.47. The molecule has 0 saturated carbocycles. The smallest absolute Gasteiger partial charge is 0.334 e. The van der Waals surface area contributed by atoms with Gasteiger partial charge in [0.1, 0.15) is 5.69 Å². The molecule has 0 aliphatic rings. The topological polar surface area (TPSA) is 102 Å². The van der Waals surface area contributed by atoms with Gasteiger partial charge in [0.15, 0.2) is 0 Å². The van der Waals surface area contributed by atoms with Gasteiger partial charge in [-0.15, -0.1) is 0 Å². The lowest BCUT2D eigenvalue weighted by atomic mass is 10.1. The normalized spacial score (nSPS) is 12.2. The quantitative estimate of drug-likeness (QED) is 0.612. The van der Waals surface area contributed by atoms with Gasteiger partial charge in [-0.2, -0.15) is 5.10 Å². The van der Waals surface area contributed by atoms with Gasteiger partial charge in [0.25, 0.3) is 0 Å². The van der Waals surface area contributed by atoms with Gasteiger partial charge in [-0.1, -0.05) is 13.8 Å². The summed E-state index contributed by atoms with van der Waals surface area (Å²) in [6, 6.07) is 0. The first-order valence-electron chi connectivity index (χ1n) is 5.93. The highest BCUT2D eigenvalue weighted by Gasteiger charge is 2.29. The third-order valence-corrected chi connectivity index (χ3v) is 2.91. The van der Waals surface area contributed by atoms with Crippen LogP contribution in [0.1, 0.15) is 19.5 Å². The van der Waals surface area contributed by atoms with Crippen LogP contribution in [-0.2, 0) is 18.3 Å². The second-order valence-electron chi connectivity index (χ2n) is 4.47. The maximum atomic E-state index is 11.1. The van der Waals surface area contributed by atoms with E-state index in [2.05, 4.69) is 5.10 Å². The fraction of sp³-hybridized carbons (Fsp3) is 0.636. The predicted octanol–water partition coefficient (Wildman–Crippen LogP) is 1.05. The number of hydrogen-bond donors (Lipinski definition) is 1. The number of carboxylic acid groups (broad SMARTS) is 1. The van der Waals surface area contributed by atoms with Crippen molar-refractivity contribution in [1.29, 1.82) is 0 Å². The summed E-state index contributed by atoms with van der Waals surface area (Å²) in [5, 5.41) is 24.2. The predicted molar refractivity (Wildman–Crippen MR) is 69.3 cm³/mol. The summed E-state index contributed by atoms with van der Waals surface area (Å²) in [6.45, 7) is 3.53. The number of aryl methyl sites for hydroxylation is 2. The zero-order valence-electron chi connectivity index (χ0n) is 11.5. The molecule has 0 spiro atoms. The number of aliphatic carboxylic acids is 1.